The Morgan fingerprint density at radius 2 is 2.24 bits per heavy atom. The highest BCUT2D eigenvalue weighted by atomic mass is 16.5. The van der Waals surface area contributed by atoms with Crippen molar-refractivity contribution >= 4 is 16.9 Å². The minimum absolute atomic E-state index is 0.137. The first-order chi connectivity index (χ1) is 10.0. The summed E-state index contributed by atoms with van der Waals surface area (Å²) in [4.78, 5) is 24.4. The van der Waals surface area contributed by atoms with Crippen molar-refractivity contribution in [3.8, 4) is 11.5 Å². The molecule has 6 nitrogen and oxygen atoms in total. The van der Waals surface area contributed by atoms with Crippen LogP contribution in [0, 0.1) is 6.92 Å². The van der Waals surface area contributed by atoms with Crippen molar-refractivity contribution in [2.75, 3.05) is 13.2 Å². The molecule has 0 saturated heterocycles. The number of ether oxygens (including phenoxy) is 2. The number of hydrogen-bond donors (Lipinski definition) is 1. The fraction of sp³-hybridized carbons (Fsp3) is 0.333. The summed E-state index contributed by atoms with van der Waals surface area (Å²) in [6.07, 6.45) is 0. The van der Waals surface area contributed by atoms with Crippen LogP contribution in [0.2, 0.25) is 0 Å². The van der Waals surface area contributed by atoms with E-state index < -0.39 is 11.5 Å². The topological polar surface area (TPSA) is 77.8 Å². The van der Waals surface area contributed by atoms with Crippen LogP contribution in [0.3, 0.4) is 0 Å². The summed E-state index contributed by atoms with van der Waals surface area (Å²) < 4.78 is 11.9. The zero-order valence-electron chi connectivity index (χ0n) is 11.8. The molecule has 0 aliphatic carbocycles. The first kappa shape index (κ1) is 13.5. The molecule has 6 heteroatoms. The SMILES string of the molecule is CCOC(=O)c1c(O)c2cc(C)cc3c2n(c1=O)CCO3. The Morgan fingerprint density at radius 1 is 1.48 bits per heavy atom. The number of pyridine rings is 1. The zero-order valence-corrected chi connectivity index (χ0v) is 11.8. The van der Waals surface area contributed by atoms with Crippen molar-refractivity contribution < 1.29 is 19.4 Å². The lowest BCUT2D eigenvalue weighted by atomic mass is 10.1. The van der Waals surface area contributed by atoms with Crippen LogP contribution in [0.5, 0.6) is 11.5 Å². The number of esters is 1. The van der Waals surface area contributed by atoms with Crippen molar-refractivity contribution in [1.29, 1.82) is 0 Å². The standard InChI is InChI=1S/C15H15NO5/c1-3-20-15(19)11-13(17)9-6-8(2)7-10-12(9)16(14(11)18)4-5-21-10/h6-7,17H,3-5H2,1-2H3. The van der Waals surface area contributed by atoms with Crippen LogP contribution in [-0.4, -0.2) is 28.9 Å². The van der Waals surface area contributed by atoms with E-state index in [0.29, 0.717) is 29.8 Å². The average Bonchev–Trinajstić information content (AvgIpc) is 2.44. The van der Waals surface area contributed by atoms with Crippen LogP contribution in [0.15, 0.2) is 16.9 Å². The normalized spacial score (nSPS) is 13.0. The maximum Gasteiger partial charge on any atom is 0.347 e. The van der Waals surface area contributed by atoms with Gasteiger partial charge in [-0.15, -0.1) is 0 Å². The molecule has 21 heavy (non-hydrogen) atoms. The third-order valence-electron chi connectivity index (χ3n) is 3.49. The molecule has 0 radical (unpaired) electrons. The summed E-state index contributed by atoms with van der Waals surface area (Å²) in [5.41, 5.74) is 0.520. The molecule has 3 rings (SSSR count). The Hall–Kier alpha value is -2.50. The van der Waals surface area contributed by atoms with Gasteiger partial charge in [0.05, 0.1) is 18.7 Å². The molecule has 1 aromatic heterocycles. The van der Waals surface area contributed by atoms with Crippen molar-refractivity contribution in [1.82, 2.24) is 4.57 Å². The lowest BCUT2D eigenvalue weighted by molar-refractivity contribution is 0.0520. The number of aromatic nitrogens is 1. The third kappa shape index (κ3) is 1.94. The van der Waals surface area contributed by atoms with Gasteiger partial charge in [0.2, 0.25) is 0 Å². The second-order valence-electron chi connectivity index (χ2n) is 4.91. The summed E-state index contributed by atoms with van der Waals surface area (Å²) in [6.45, 7) is 4.31. The Kier molecular flexibility index (Phi) is 3.08. The molecule has 2 aromatic rings. The van der Waals surface area contributed by atoms with Gasteiger partial charge < -0.3 is 19.1 Å². The predicted molar refractivity (Wildman–Crippen MR) is 76.1 cm³/mol. The van der Waals surface area contributed by atoms with Gasteiger partial charge in [-0.3, -0.25) is 4.79 Å². The molecular weight excluding hydrogens is 274 g/mol. The number of aromatic hydroxyl groups is 1. The molecule has 0 amide bonds. The molecule has 1 N–H and O–H groups in total. The van der Waals surface area contributed by atoms with E-state index in [1.165, 1.54) is 4.57 Å². The number of carbonyl (C=O) groups is 1. The monoisotopic (exact) mass is 289 g/mol. The first-order valence-corrected chi connectivity index (χ1v) is 6.74. The highest BCUT2D eigenvalue weighted by molar-refractivity contribution is 6.01. The first-order valence-electron chi connectivity index (χ1n) is 6.74. The van der Waals surface area contributed by atoms with Gasteiger partial charge in [0.25, 0.3) is 5.56 Å². The van der Waals surface area contributed by atoms with Crippen LogP contribution in [0.4, 0.5) is 0 Å². The molecule has 1 aliphatic rings. The minimum Gasteiger partial charge on any atom is -0.506 e. The summed E-state index contributed by atoms with van der Waals surface area (Å²) in [7, 11) is 0. The molecule has 0 saturated carbocycles. The fourth-order valence-electron chi connectivity index (χ4n) is 2.63. The summed E-state index contributed by atoms with van der Waals surface area (Å²) >= 11 is 0. The number of nitrogens with zero attached hydrogens (tertiary/aromatic N) is 1. The number of hydrogen-bond acceptors (Lipinski definition) is 5. The number of carbonyl (C=O) groups excluding carboxylic acids is 1. The lowest BCUT2D eigenvalue weighted by Gasteiger charge is -2.22. The van der Waals surface area contributed by atoms with Crippen molar-refractivity contribution in [2.45, 2.75) is 20.4 Å². The minimum atomic E-state index is -0.805. The van der Waals surface area contributed by atoms with E-state index in [9.17, 15) is 14.7 Å². The molecule has 0 unspecified atom stereocenters. The summed E-state index contributed by atoms with van der Waals surface area (Å²) in [5, 5.41) is 10.8. The Labute approximate surface area is 120 Å². The summed E-state index contributed by atoms with van der Waals surface area (Å²) in [5.74, 6) is -0.612. The van der Waals surface area contributed by atoms with Gasteiger partial charge in [-0.1, -0.05) is 0 Å². The Bertz CT molecular complexity index is 806. The van der Waals surface area contributed by atoms with Gasteiger partial charge in [0.1, 0.15) is 18.1 Å². The number of rotatable bonds is 2. The van der Waals surface area contributed by atoms with Gasteiger partial charge in [0.15, 0.2) is 5.56 Å². The van der Waals surface area contributed by atoms with Crippen molar-refractivity contribution in [3.63, 3.8) is 0 Å². The number of aryl methyl sites for hydroxylation is 1. The molecule has 0 atom stereocenters. The van der Waals surface area contributed by atoms with Crippen molar-refractivity contribution in [3.05, 3.63) is 33.6 Å². The molecule has 0 bridgehead atoms. The molecule has 1 aromatic carbocycles. The highest BCUT2D eigenvalue weighted by Crippen LogP contribution is 2.35. The Balaban J connectivity index is 2.43. The van der Waals surface area contributed by atoms with E-state index in [-0.39, 0.29) is 17.9 Å². The largest absolute Gasteiger partial charge is 0.506 e. The van der Waals surface area contributed by atoms with E-state index in [2.05, 4.69) is 0 Å². The summed E-state index contributed by atoms with van der Waals surface area (Å²) in [6, 6.07) is 3.53. The molecule has 1 aliphatic heterocycles. The molecule has 0 spiro atoms. The number of benzene rings is 1. The van der Waals surface area contributed by atoms with E-state index in [1.807, 2.05) is 6.92 Å². The van der Waals surface area contributed by atoms with Gasteiger partial charge in [-0.2, -0.15) is 0 Å². The van der Waals surface area contributed by atoms with Gasteiger partial charge in [0, 0.05) is 5.39 Å². The quantitative estimate of drug-likeness (QED) is 0.849. The molecule has 110 valence electrons. The van der Waals surface area contributed by atoms with E-state index >= 15 is 0 Å². The van der Waals surface area contributed by atoms with Gasteiger partial charge >= 0.3 is 5.97 Å². The van der Waals surface area contributed by atoms with E-state index in [1.54, 1.807) is 19.1 Å². The van der Waals surface area contributed by atoms with Crippen LogP contribution < -0.4 is 10.3 Å². The van der Waals surface area contributed by atoms with Gasteiger partial charge in [-0.25, -0.2) is 4.79 Å². The van der Waals surface area contributed by atoms with Crippen LogP contribution in [0.25, 0.3) is 10.9 Å². The lowest BCUT2D eigenvalue weighted by Crippen LogP contribution is -2.32. The molecular formula is C15H15NO5. The Morgan fingerprint density at radius 3 is 2.95 bits per heavy atom. The zero-order chi connectivity index (χ0) is 15.1. The van der Waals surface area contributed by atoms with Crippen LogP contribution in [-0.2, 0) is 11.3 Å². The smallest absolute Gasteiger partial charge is 0.347 e. The maximum absolute atomic E-state index is 12.5. The van der Waals surface area contributed by atoms with E-state index in [4.69, 9.17) is 9.47 Å². The molecule has 0 fully saturated rings. The third-order valence-corrected chi connectivity index (χ3v) is 3.49. The van der Waals surface area contributed by atoms with Crippen LogP contribution >= 0.6 is 0 Å². The van der Waals surface area contributed by atoms with Gasteiger partial charge in [-0.05, 0) is 31.5 Å². The highest BCUT2D eigenvalue weighted by Gasteiger charge is 2.26. The molecule has 2 heterocycles. The van der Waals surface area contributed by atoms with Crippen LogP contribution in [0.1, 0.15) is 22.8 Å². The van der Waals surface area contributed by atoms with Crippen molar-refractivity contribution in [2.24, 2.45) is 0 Å². The maximum atomic E-state index is 12.5. The second kappa shape index (κ2) is 4.80. The fourth-order valence-corrected chi connectivity index (χ4v) is 2.63. The average molecular weight is 289 g/mol. The van der Waals surface area contributed by atoms with E-state index in [0.717, 1.165) is 5.56 Å². The second-order valence-corrected chi connectivity index (χ2v) is 4.91. The predicted octanol–water partition coefficient (Wildman–Crippen LogP) is 1.58.